The van der Waals surface area contributed by atoms with Crippen LogP contribution in [0.25, 0.3) is 21.5 Å². The van der Waals surface area contributed by atoms with Gasteiger partial charge >= 0.3 is 0 Å². The number of benzene rings is 4. The molecule has 0 unspecified atom stereocenters. The van der Waals surface area contributed by atoms with Crippen LogP contribution in [0.15, 0.2) is 72.8 Å². The second kappa shape index (κ2) is 6.98. The van der Waals surface area contributed by atoms with Crippen molar-refractivity contribution in [3.63, 3.8) is 0 Å². The van der Waals surface area contributed by atoms with Gasteiger partial charge in [0.2, 0.25) is 5.69 Å². The summed E-state index contributed by atoms with van der Waals surface area (Å²) in [7, 11) is 0. The number of rotatable bonds is 4. The lowest BCUT2D eigenvalue weighted by Crippen LogP contribution is -2.30. The van der Waals surface area contributed by atoms with E-state index in [-0.39, 0.29) is 5.41 Å². The predicted molar refractivity (Wildman–Crippen MR) is 126 cm³/mol. The first kappa shape index (κ1) is 18.9. The fourth-order valence-corrected chi connectivity index (χ4v) is 5.28. The number of nitrogens with zero attached hydrogens (tertiary/aromatic N) is 1. The molecule has 0 saturated heterocycles. The molecule has 0 atom stereocenters. The van der Waals surface area contributed by atoms with Crippen LogP contribution >= 0.6 is 0 Å². The van der Waals surface area contributed by atoms with E-state index in [1.807, 2.05) is 12.1 Å². The zero-order valence-corrected chi connectivity index (χ0v) is 17.9. The molecule has 0 aromatic heterocycles. The molecule has 2 heteroatoms. The molecular weight excluding hydrogens is 366 g/mol. The Morgan fingerprint density at radius 2 is 1.53 bits per heavy atom. The third kappa shape index (κ3) is 2.90. The smallest absolute Gasteiger partial charge is 0.210 e. The SMILES string of the molecule is CC[N+]1=C(CCc2ccc3cc(O)ccc3c2)C(C)(C)c2c1ccc1ccccc21. The highest BCUT2D eigenvalue weighted by atomic mass is 16.3. The summed E-state index contributed by atoms with van der Waals surface area (Å²) in [4.78, 5) is 0. The first-order valence-electron chi connectivity index (χ1n) is 10.9. The number of phenols is 1. The van der Waals surface area contributed by atoms with Crippen LogP contribution in [0.5, 0.6) is 5.75 Å². The van der Waals surface area contributed by atoms with Gasteiger partial charge in [-0.15, -0.1) is 0 Å². The molecule has 150 valence electrons. The number of fused-ring (bicyclic) bond motifs is 4. The molecule has 4 aromatic rings. The topological polar surface area (TPSA) is 23.2 Å². The lowest BCUT2D eigenvalue weighted by Gasteiger charge is -2.19. The second-order valence-electron chi connectivity index (χ2n) is 8.86. The van der Waals surface area contributed by atoms with E-state index < -0.39 is 0 Å². The van der Waals surface area contributed by atoms with Crippen LogP contribution in [0.4, 0.5) is 5.69 Å². The summed E-state index contributed by atoms with van der Waals surface area (Å²) in [6, 6.07) is 25.5. The highest BCUT2D eigenvalue weighted by Crippen LogP contribution is 2.44. The first-order valence-corrected chi connectivity index (χ1v) is 10.9. The molecule has 0 amide bonds. The Morgan fingerprint density at radius 3 is 2.37 bits per heavy atom. The van der Waals surface area contributed by atoms with Crippen LogP contribution in [-0.4, -0.2) is 21.9 Å². The van der Waals surface area contributed by atoms with Crippen molar-refractivity contribution in [1.29, 1.82) is 0 Å². The molecular formula is C28H28NO+. The maximum Gasteiger partial charge on any atom is 0.210 e. The van der Waals surface area contributed by atoms with Crippen molar-refractivity contribution in [1.82, 2.24) is 0 Å². The summed E-state index contributed by atoms with van der Waals surface area (Å²) in [5, 5.41) is 14.7. The molecule has 30 heavy (non-hydrogen) atoms. The van der Waals surface area contributed by atoms with Gasteiger partial charge in [-0.25, -0.2) is 0 Å². The molecule has 1 N–H and O–H groups in total. The normalized spacial score (nSPS) is 15.2. The van der Waals surface area contributed by atoms with Crippen LogP contribution in [0.2, 0.25) is 0 Å². The molecule has 0 radical (unpaired) electrons. The summed E-state index contributed by atoms with van der Waals surface area (Å²) in [5.74, 6) is 0.321. The molecule has 0 aliphatic carbocycles. The molecule has 0 spiro atoms. The van der Waals surface area contributed by atoms with Crippen LogP contribution in [-0.2, 0) is 11.8 Å². The molecule has 1 heterocycles. The van der Waals surface area contributed by atoms with Crippen LogP contribution < -0.4 is 0 Å². The highest BCUT2D eigenvalue weighted by Gasteiger charge is 2.45. The van der Waals surface area contributed by atoms with Crippen molar-refractivity contribution in [2.75, 3.05) is 6.54 Å². The summed E-state index contributed by atoms with van der Waals surface area (Å²) >= 11 is 0. The largest absolute Gasteiger partial charge is 0.508 e. The van der Waals surface area contributed by atoms with Crippen molar-refractivity contribution in [2.45, 2.75) is 39.0 Å². The van der Waals surface area contributed by atoms with Gasteiger partial charge in [0.15, 0.2) is 5.71 Å². The molecule has 1 aliphatic rings. The minimum absolute atomic E-state index is 0.00877. The van der Waals surface area contributed by atoms with E-state index in [0.717, 1.165) is 24.8 Å². The fourth-order valence-electron chi connectivity index (χ4n) is 5.28. The summed E-state index contributed by atoms with van der Waals surface area (Å²) < 4.78 is 2.53. The van der Waals surface area contributed by atoms with E-state index in [9.17, 15) is 5.11 Å². The van der Waals surface area contributed by atoms with Crippen molar-refractivity contribution < 1.29 is 9.68 Å². The molecule has 0 bridgehead atoms. The van der Waals surface area contributed by atoms with Crippen molar-refractivity contribution in [3.8, 4) is 5.75 Å². The summed E-state index contributed by atoms with van der Waals surface area (Å²) in [5.41, 5.74) is 5.68. The quantitative estimate of drug-likeness (QED) is 0.381. The van der Waals surface area contributed by atoms with E-state index in [4.69, 9.17) is 0 Å². The highest BCUT2D eigenvalue weighted by molar-refractivity contribution is 6.02. The zero-order valence-electron chi connectivity index (χ0n) is 17.9. The van der Waals surface area contributed by atoms with Gasteiger partial charge in [0.1, 0.15) is 12.3 Å². The van der Waals surface area contributed by atoms with Gasteiger partial charge in [0.25, 0.3) is 0 Å². The minimum Gasteiger partial charge on any atom is -0.508 e. The van der Waals surface area contributed by atoms with Gasteiger partial charge in [-0.2, -0.15) is 4.58 Å². The van der Waals surface area contributed by atoms with Gasteiger partial charge in [-0.05, 0) is 72.5 Å². The number of aromatic hydroxyl groups is 1. The van der Waals surface area contributed by atoms with Gasteiger partial charge in [-0.1, -0.05) is 48.5 Å². The lowest BCUT2D eigenvalue weighted by atomic mass is 9.77. The Balaban J connectivity index is 1.52. The number of hydrogen-bond acceptors (Lipinski definition) is 1. The van der Waals surface area contributed by atoms with E-state index in [0.29, 0.717) is 5.75 Å². The monoisotopic (exact) mass is 394 g/mol. The fraction of sp³-hybridized carbons (Fsp3) is 0.250. The summed E-state index contributed by atoms with van der Waals surface area (Å²) in [6.45, 7) is 8.00. The van der Waals surface area contributed by atoms with Gasteiger partial charge in [0.05, 0.1) is 5.41 Å². The van der Waals surface area contributed by atoms with Crippen molar-refractivity contribution in [2.24, 2.45) is 0 Å². The molecule has 2 nitrogen and oxygen atoms in total. The number of phenolic OH excluding ortho intramolecular Hbond substituents is 1. The Labute approximate surface area is 178 Å². The maximum absolute atomic E-state index is 9.71. The van der Waals surface area contributed by atoms with E-state index in [2.05, 4.69) is 79.9 Å². The van der Waals surface area contributed by atoms with Crippen LogP contribution in [0.1, 0.15) is 38.3 Å². The maximum atomic E-state index is 9.71. The van der Waals surface area contributed by atoms with E-state index >= 15 is 0 Å². The van der Waals surface area contributed by atoms with E-state index in [1.54, 1.807) is 6.07 Å². The van der Waals surface area contributed by atoms with Crippen LogP contribution in [0, 0.1) is 0 Å². The Bertz CT molecular complexity index is 1310. The third-order valence-electron chi connectivity index (χ3n) is 6.73. The van der Waals surface area contributed by atoms with Gasteiger partial charge in [0, 0.05) is 18.1 Å². The van der Waals surface area contributed by atoms with Crippen LogP contribution in [0.3, 0.4) is 0 Å². The Hall–Kier alpha value is -3.13. The zero-order chi connectivity index (χ0) is 20.9. The summed E-state index contributed by atoms with van der Waals surface area (Å²) in [6.07, 6.45) is 2.05. The van der Waals surface area contributed by atoms with Gasteiger partial charge < -0.3 is 5.11 Å². The lowest BCUT2D eigenvalue weighted by molar-refractivity contribution is -0.435. The predicted octanol–water partition coefficient (Wildman–Crippen LogP) is 6.73. The second-order valence-corrected chi connectivity index (χ2v) is 8.86. The molecule has 1 aliphatic heterocycles. The van der Waals surface area contributed by atoms with E-state index in [1.165, 1.54) is 38.7 Å². The van der Waals surface area contributed by atoms with Crippen molar-refractivity contribution in [3.05, 3.63) is 83.9 Å². The molecule has 4 aromatic carbocycles. The molecule has 0 saturated carbocycles. The van der Waals surface area contributed by atoms with Gasteiger partial charge in [-0.3, -0.25) is 0 Å². The molecule has 0 fully saturated rings. The minimum atomic E-state index is 0.00877. The van der Waals surface area contributed by atoms with Crippen molar-refractivity contribution >= 4 is 32.9 Å². The number of hydrogen-bond donors (Lipinski definition) is 1. The third-order valence-corrected chi connectivity index (χ3v) is 6.73. The average Bonchev–Trinajstić information content (AvgIpc) is 2.98. The first-order chi connectivity index (χ1) is 14.5. The average molecular weight is 395 g/mol. The number of aryl methyl sites for hydroxylation is 1. The molecule has 5 rings (SSSR count). The Kier molecular flexibility index (Phi) is 4.39. The standard InChI is InChI=1S/C28H27NO/c1-4-29-25-15-13-20-7-5-6-8-24(20)27(25)28(2,3)26(29)16-10-19-9-11-22-18-23(30)14-12-21(22)17-19/h5-9,11-15,17-18H,4,10,16H2,1-3H3/p+1. The Morgan fingerprint density at radius 1 is 0.800 bits per heavy atom.